The topological polar surface area (TPSA) is 87.4 Å². The van der Waals surface area contributed by atoms with Gasteiger partial charge < -0.3 is 28.4 Å². The summed E-state index contributed by atoms with van der Waals surface area (Å²) >= 11 is 0. The number of hydrogen-bond donors (Lipinski definition) is 4. The minimum absolute atomic E-state index is 0. The van der Waals surface area contributed by atoms with Gasteiger partial charge in [0.05, 0.1) is 18.2 Å². The van der Waals surface area contributed by atoms with Crippen molar-refractivity contribution in [3.8, 4) is 0 Å². The normalized spacial score (nSPS) is 14.7. The summed E-state index contributed by atoms with van der Waals surface area (Å²) in [4.78, 5) is 11.9. The molecule has 1 radical (unpaired) electrons. The maximum atomic E-state index is 11.9. The molecule has 115 valence electrons. The molecular weight excluding hydrogens is 343 g/mol. The maximum Gasteiger partial charge on any atom is 0.234 e. The Kier molecular flexibility index (Phi) is 11.1. The van der Waals surface area contributed by atoms with Crippen molar-refractivity contribution in [1.82, 2.24) is 10.6 Å². The molecule has 0 heterocycles. The second-order valence-electron chi connectivity index (χ2n) is 4.82. The van der Waals surface area contributed by atoms with Crippen LogP contribution in [0.5, 0.6) is 0 Å². The van der Waals surface area contributed by atoms with Crippen LogP contribution in [0.25, 0.3) is 0 Å². The number of nitrogens with one attached hydrogen (secondary N) is 2. The quantitative estimate of drug-likeness (QED) is 0.481. The van der Waals surface area contributed by atoms with Gasteiger partial charge in [-0.3, -0.25) is 4.79 Å². The van der Waals surface area contributed by atoms with E-state index in [2.05, 4.69) is 17.6 Å². The van der Waals surface area contributed by atoms with Gasteiger partial charge in [0.25, 0.3) is 0 Å². The summed E-state index contributed by atoms with van der Waals surface area (Å²) in [5, 5.41) is 15.9. The van der Waals surface area contributed by atoms with E-state index >= 15 is 0 Å². The molecule has 0 aliphatic carbocycles. The number of carbonyl (C=O) groups is 1. The molecule has 0 aliphatic rings. The SMILES string of the molecule is [CH2-]CC(N)C(=O)NC(Cc1ccccc1)C(O)CNC.[Y]. The van der Waals surface area contributed by atoms with E-state index in [1.807, 2.05) is 30.3 Å². The average molecular weight is 367 g/mol. The first-order valence-corrected chi connectivity index (χ1v) is 6.80. The predicted molar refractivity (Wildman–Crippen MR) is 80.0 cm³/mol. The first-order chi connectivity index (χ1) is 9.58. The van der Waals surface area contributed by atoms with Gasteiger partial charge in [-0.05, 0) is 19.0 Å². The molecule has 0 bridgehead atoms. The Balaban J connectivity index is 0.00000400. The van der Waals surface area contributed by atoms with Crippen LogP contribution < -0.4 is 16.4 Å². The zero-order valence-electron chi connectivity index (χ0n) is 12.5. The summed E-state index contributed by atoms with van der Waals surface area (Å²) in [7, 11) is 1.76. The number of amides is 1. The van der Waals surface area contributed by atoms with E-state index in [0.717, 1.165) is 5.56 Å². The zero-order chi connectivity index (χ0) is 15.0. The summed E-state index contributed by atoms with van der Waals surface area (Å²) in [5.74, 6) is -0.281. The molecule has 1 rings (SSSR count). The van der Waals surface area contributed by atoms with E-state index in [0.29, 0.717) is 19.4 Å². The Labute approximate surface area is 151 Å². The van der Waals surface area contributed by atoms with Gasteiger partial charge >= 0.3 is 0 Å². The molecule has 3 unspecified atom stereocenters. The van der Waals surface area contributed by atoms with Gasteiger partial charge in [0.1, 0.15) is 0 Å². The Hall–Kier alpha value is -0.326. The summed E-state index contributed by atoms with van der Waals surface area (Å²) in [5.41, 5.74) is 6.71. The fourth-order valence-electron chi connectivity index (χ4n) is 1.92. The van der Waals surface area contributed by atoms with Gasteiger partial charge in [-0.15, -0.1) is 0 Å². The van der Waals surface area contributed by atoms with Crippen LogP contribution in [-0.2, 0) is 43.9 Å². The van der Waals surface area contributed by atoms with Crippen LogP contribution in [0.4, 0.5) is 0 Å². The summed E-state index contributed by atoms with van der Waals surface area (Å²) in [6.45, 7) is 4.02. The molecule has 21 heavy (non-hydrogen) atoms. The summed E-state index contributed by atoms with van der Waals surface area (Å²) < 4.78 is 0. The molecule has 0 aromatic heterocycles. The Morgan fingerprint density at radius 3 is 2.52 bits per heavy atom. The second-order valence-corrected chi connectivity index (χ2v) is 4.82. The number of aliphatic hydroxyl groups excluding tert-OH is 1. The number of benzene rings is 1. The number of likely N-dealkylation sites (N-methyl/N-ethyl adjacent to an activating group) is 1. The van der Waals surface area contributed by atoms with Gasteiger partial charge in [0.2, 0.25) is 5.91 Å². The van der Waals surface area contributed by atoms with Crippen molar-refractivity contribution in [2.24, 2.45) is 5.73 Å². The summed E-state index contributed by atoms with van der Waals surface area (Å²) in [6, 6.07) is 8.70. The van der Waals surface area contributed by atoms with E-state index in [1.165, 1.54) is 0 Å². The smallest absolute Gasteiger partial charge is 0.234 e. The molecule has 6 heteroatoms. The zero-order valence-corrected chi connectivity index (χ0v) is 15.3. The standard InChI is InChI=1S/C15H24N3O2.Y/c1-3-12(16)15(20)18-13(14(19)10-17-2)9-11-7-5-4-6-8-11;/h4-8,12-14,17,19H,1,3,9-10,16H2,2H3,(H,18,20);/q-1;. The number of hydrogen-bond acceptors (Lipinski definition) is 4. The average Bonchev–Trinajstić information content (AvgIpc) is 2.46. The Bertz CT molecular complexity index is 403. The Morgan fingerprint density at radius 1 is 1.38 bits per heavy atom. The van der Waals surface area contributed by atoms with Crippen LogP contribution in [0.15, 0.2) is 30.3 Å². The van der Waals surface area contributed by atoms with Crippen LogP contribution in [0.1, 0.15) is 12.0 Å². The van der Waals surface area contributed by atoms with Gasteiger partial charge in [-0.2, -0.15) is 6.42 Å². The van der Waals surface area contributed by atoms with Crippen molar-refractivity contribution in [1.29, 1.82) is 0 Å². The Morgan fingerprint density at radius 2 is 2.00 bits per heavy atom. The van der Waals surface area contributed by atoms with Crippen LogP contribution in [0.2, 0.25) is 0 Å². The molecule has 0 aliphatic heterocycles. The summed E-state index contributed by atoms with van der Waals surface area (Å²) in [6.07, 6.45) is 0.201. The van der Waals surface area contributed by atoms with E-state index in [4.69, 9.17) is 5.73 Å². The van der Waals surface area contributed by atoms with Gasteiger partial charge in [-0.25, -0.2) is 0 Å². The van der Waals surface area contributed by atoms with Crippen LogP contribution >= 0.6 is 0 Å². The van der Waals surface area contributed by atoms with Crippen molar-refractivity contribution in [2.75, 3.05) is 13.6 Å². The molecule has 1 aromatic rings. The monoisotopic (exact) mass is 367 g/mol. The van der Waals surface area contributed by atoms with Crippen LogP contribution in [0, 0.1) is 6.92 Å². The molecule has 0 spiro atoms. The van der Waals surface area contributed by atoms with Crippen LogP contribution in [-0.4, -0.2) is 42.8 Å². The third-order valence-corrected chi connectivity index (χ3v) is 3.15. The van der Waals surface area contributed by atoms with Gasteiger partial charge in [0, 0.05) is 39.3 Å². The predicted octanol–water partition coefficient (Wildman–Crippen LogP) is -0.157. The molecular formula is C15H24N3O2Y-. The van der Waals surface area contributed by atoms with Crippen molar-refractivity contribution < 1.29 is 42.6 Å². The number of rotatable bonds is 8. The van der Waals surface area contributed by atoms with Crippen molar-refractivity contribution in [2.45, 2.75) is 31.0 Å². The second kappa shape index (κ2) is 11.3. The largest absolute Gasteiger partial charge is 0.390 e. The van der Waals surface area contributed by atoms with E-state index in [9.17, 15) is 9.90 Å². The fourth-order valence-corrected chi connectivity index (χ4v) is 1.92. The van der Waals surface area contributed by atoms with E-state index < -0.39 is 12.1 Å². The molecule has 1 amide bonds. The molecule has 0 fully saturated rings. The molecule has 3 atom stereocenters. The van der Waals surface area contributed by atoms with E-state index in [-0.39, 0.29) is 44.7 Å². The molecule has 5 nitrogen and oxygen atoms in total. The first-order valence-electron chi connectivity index (χ1n) is 6.80. The number of carbonyl (C=O) groups excluding carboxylic acids is 1. The molecule has 0 saturated carbocycles. The van der Waals surface area contributed by atoms with Crippen LogP contribution in [0.3, 0.4) is 0 Å². The molecule has 1 aromatic carbocycles. The van der Waals surface area contributed by atoms with Gasteiger partial charge in [0.15, 0.2) is 0 Å². The number of aliphatic hydroxyl groups is 1. The minimum atomic E-state index is -0.679. The minimum Gasteiger partial charge on any atom is -0.390 e. The van der Waals surface area contributed by atoms with Crippen molar-refractivity contribution >= 4 is 5.91 Å². The third-order valence-electron chi connectivity index (χ3n) is 3.15. The number of nitrogens with two attached hydrogens (primary N) is 1. The van der Waals surface area contributed by atoms with E-state index in [1.54, 1.807) is 7.05 Å². The van der Waals surface area contributed by atoms with Gasteiger partial charge in [-0.1, -0.05) is 30.3 Å². The maximum absolute atomic E-state index is 11.9. The fraction of sp³-hybridized carbons (Fsp3) is 0.467. The van der Waals surface area contributed by atoms with Crippen molar-refractivity contribution in [3.05, 3.63) is 42.8 Å². The third kappa shape index (κ3) is 7.47. The molecule has 0 saturated heterocycles. The van der Waals surface area contributed by atoms with Crippen molar-refractivity contribution in [3.63, 3.8) is 0 Å². The first kappa shape index (κ1) is 20.7. The molecule has 5 N–H and O–H groups in total.